The fourth-order valence-corrected chi connectivity index (χ4v) is 2.73. The van der Waals surface area contributed by atoms with Gasteiger partial charge in [0.1, 0.15) is 5.82 Å². The largest absolute Gasteiger partial charge is 0.465 e. The van der Waals surface area contributed by atoms with Gasteiger partial charge >= 0.3 is 5.97 Å². The van der Waals surface area contributed by atoms with Crippen molar-refractivity contribution in [1.29, 1.82) is 0 Å². The average molecular weight is 302 g/mol. The van der Waals surface area contributed by atoms with E-state index in [2.05, 4.69) is 34.2 Å². The van der Waals surface area contributed by atoms with Gasteiger partial charge in [-0.1, -0.05) is 36.4 Å². The van der Waals surface area contributed by atoms with Crippen LogP contribution in [0.15, 0.2) is 60.7 Å². The zero-order chi connectivity index (χ0) is 15.8. The minimum atomic E-state index is -0.353. The van der Waals surface area contributed by atoms with Gasteiger partial charge in [-0.2, -0.15) is 0 Å². The standard InChI is InChI=1S/C19H14N2O2/c1-23-19(22)15-8-9-16-17(11-15)21-18(20-16)14-7-6-12-4-2-3-5-13(12)10-14/h2-11H,1H3,(H,20,21). The lowest BCUT2D eigenvalue weighted by Gasteiger charge is -2.00. The maximum absolute atomic E-state index is 11.6. The zero-order valence-corrected chi connectivity index (χ0v) is 12.5. The van der Waals surface area contributed by atoms with Gasteiger partial charge in [0, 0.05) is 5.56 Å². The summed E-state index contributed by atoms with van der Waals surface area (Å²) >= 11 is 0. The zero-order valence-electron chi connectivity index (χ0n) is 12.5. The van der Waals surface area contributed by atoms with Crippen LogP contribution in [0.3, 0.4) is 0 Å². The smallest absolute Gasteiger partial charge is 0.337 e. The normalized spacial score (nSPS) is 11.0. The number of nitrogens with one attached hydrogen (secondary N) is 1. The number of fused-ring (bicyclic) bond motifs is 2. The van der Waals surface area contributed by atoms with Crippen molar-refractivity contribution < 1.29 is 9.53 Å². The molecular formula is C19H14N2O2. The Balaban J connectivity index is 1.82. The Morgan fingerprint density at radius 3 is 2.65 bits per heavy atom. The lowest BCUT2D eigenvalue weighted by molar-refractivity contribution is 0.0601. The Kier molecular flexibility index (Phi) is 3.08. The second-order valence-electron chi connectivity index (χ2n) is 5.37. The predicted molar refractivity (Wildman–Crippen MR) is 90.4 cm³/mol. The third-order valence-corrected chi connectivity index (χ3v) is 3.93. The Bertz CT molecular complexity index is 1030. The summed E-state index contributed by atoms with van der Waals surface area (Å²) in [7, 11) is 1.37. The van der Waals surface area contributed by atoms with Crippen LogP contribution >= 0.6 is 0 Å². The van der Waals surface area contributed by atoms with E-state index in [0.29, 0.717) is 5.56 Å². The summed E-state index contributed by atoms with van der Waals surface area (Å²) in [4.78, 5) is 19.5. The summed E-state index contributed by atoms with van der Waals surface area (Å²) in [6, 6.07) is 19.7. The van der Waals surface area contributed by atoms with Crippen molar-refractivity contribution in [2.24, 2.45) is 0 Å². The highest BCUT2D eigenvalue weighted by molar-refractivity contribution is 5.94. The molecule has 0 fully saturated rings. The highest BCUT2D eigenvalue weighted by Crippen LogP contribution is 2.25. The van der Waals surface area contributed by atoms with Gasteiger partial charge in [-0.15, -0.1) is 0 Å². The van der Waals surface area contributed by atoms with E-state index in [1.807, 2.05) is 24.3 Å². The van der Waals surface area contributed by atoms with Crippen molar-refractivity contribution in [3.63, 3.8) is 0 Å². The Morgan fingerprint density at radius 2 is 1.83 bits per heavy atom. The van der Waals surface area contributed by atoms with E-state index in [9.17, 15) is 4.79 Å². The third kappa shape index (κ3) is 2.34. The minimum absolute atomic E-state index is 0.353. The molecule has 4 rings (SSSR count). The highest BCUT2D eigenvalue weighted by atomic mass is 16.5. The van der Waals surface area contributed by atoms with Crippen LogP contribution in [0.4, 0.5) is 0 Å². The Hall–Kier alpha value is -3.14. The van der Waals surface area contributed by atoms with Gasteiger partial charge in [0.2, 0.25) is 0 Å². The summed E-state index contributed by atoms with van der Waals surface area (Å²) in [6.07, 6.45) is 0. The Morgan fingerprint density at radius 1 is 1.00 bits per heavy atom. The van der Waals surface area contributed by atoms with Gasteiger partial charge in [0.05, 0.1) is 23.7 Å². The molecule has 0 aliphatic carbocycles. The number of benzene rings is 3. The van der Waals surface area contributed by atoms with Crippen molar-refractivity contribution >= 4 is 27.8 Å². The maximum atomic E-state index is 11.6. The number of aromatic nitrogens is 2. The molecule has 0 amide bonds. The minimum Gasteiger partial charge on any atom is -0.465 e. The number of hydrogen-bond acceptors (Lipinski definition) is 3. The van der Waals surface area contributed by atoms with Crippen molar-refractivity contribution in [2.45, 2.75) is 0 Å². The molecule has 112 valence electrons. The molecule has 0 atom stereocenters. The Labute approximate surface area is 132 Å². The van der Waals surface area contributed by atoms with Crippen LogP contribution in [0.2, 0.25) is 0 Å². The van der Waals surface area contributed by atoms with Crippen molar-refractivity contribution in [2.75, 3.05) is 7.11 Å². The first-order chi connectivity index (χ1) is 11.2. The van der Waals surface area contributed by atoms with Crippen LogP contribution in [0.1, 0.15) is 10.4 Å². The first kappa shape index (κ1) is 13.5. The quantitative estimate of drug-likeness (QED) is 0.565. The highest BCUT2D eigenvalue weighted by Gasteiger charge is 2.10. The molecule has 0 aliphatic heterocycles. The van der Waals surface area contributed by atoms with Gasteiger partial charge in [-0.3, -0.25) is 0 Å². The second-order valence-corrected chi connectivity index (χ2v) is 5.37. The molecule has 4 heteroatoms. The van der Waals surface area contributed by atoms with Crippen molar-refractivity contribution in [3.8, 4) is 11.4 Å². The van der Waals surface area contributed by atoms with E-state index >= 15 is 0 Å². The van der Waals surface area contributed by atoms with Crippen LogP contribution in [0.5, 0.6) is 0 Å². The van der Waals surface area contributed by atoms with Gasteiger partial charge in [0.15, 0.2) is 0 Å². The molecule has 4 nitrogen and oxygen atoms in total. The van der Waals surface area contributed by atoms with Gasteiger partial charge in [0.25, 0.3) is 0 Å². The maximum Gasteiger partial charge on any atom is 0.337 e. The fourth-order valence-electron chi connectivity index (χ4n) is 2.73. The molecule has 1 heterocycles. The van der Waals surface area contributed by atoms with E-state index in [1.165, 1.54) is 17.9 Å². The molecule has 4 aromatic rings. The van der Waals surface area contributed by atoms with Gasteiger partial charge in [-0.05, 0) is 35.0 Å². The first-order valence-electron chi connectivity index (χ1n) is 7.32. The molecule has 3 aromatic carbocycles. The molecule has 1 N–H and O–H groups in total. The monoisotopic (exact) mass is 302 g/mol. The second kappa shape index (κ2) is 5.25. The van der Waals surface area contributed by atoms with E-state index in [-0.39, 0.29) is 5.97 Å². The van der Waals surface area contributed by atoms with Crippen LogP contribution in [-0.2, 0) is 4.74 Å². The summed E-state index contributed by atoms with van der Waals surface area (Å²) in [6.45, 7) is 0. The molecule has 0 saturated carbocycles. The molecule has 0 saturated heterocycles. The molecule has 1 aromatic heterocycles. The van der Waals surface area contributed by atoms with Gasteiger partial charge < -0.3 is 9.72 Å². The van der Waals surface area contributed by atoms with E-state index < -0.39 is 0 Å². The lowest BCUT2D eigenvalue weighted by Crippen LogP contribution is -2.00. The molecule has 0 unspecified atom stereocenters. The number of nitrogens with zero attached hydrogens (tertiary/aromatic N) is 1. The van der Waals surface area contributed by atoms with Crippen LogP contribution in [0, 0.1) is 0 Å². The van der Waals surface area contributed by atoms with Gasteiger partial charge in [-0.25, -0.2) is 9.78 Å². The summed E-state index contributed by atoms with van der Waals surface area (Å²) in [5.41, 5.74) is 3.16. The number of ether oxygens (including phenoxy) is 1. The first-order valence-corrected chi connectivity index (χ1v) is 7.32. The number of rotatable bonds is 2. The lowest BCUT2D eigenvalue weighted by atomic mass is 10.1. The number of carbonyl (C=O) groups is 1. The number of esters is 1. The summed E-state index contributed by atoms with van der Waals surface area (Å²) < 4.78 is 4.75. The molecule has 0 radical (unpaired) electrons. The fraction of sp³-hybridized carbons (Fsp3) is 0.0526. The predicted octanol–water partition coefficient (Wildman–Crippen LogP) is 4.17. The summed E-state index contributed by atoms with van der Waals surface area (Å²) in [5.74, 6) is 0.432. The molecule has 0 aliphatic rings. The molecule has 0 spiro atoms. The third-order valence-electron chi connectivity index (χ3n) is 3.93. The van der Waals surface area contributed by atoms with E-state index in [1.54, 1.807) is 12.1 Å². The number of carbonyl (C=O) groups excluding carboxylic acids is 1. The molecular weight excluding hydrogens is 288 g/mol. The SMILES string of the molecule is COC(=O)c1ccc2nc(-c3ccc4ccccc4c3)[nH]c2c1. The van der Waals surface area contributed by atoms with Crippen LogP contribution in [-0.4, -0.2) is 23.0 Å². The van der Waals surface area contributed by atoms with Crippen LogP contribution in [0.25, 0.3) is 33.2 Å². The topological polar surface area (TPSA) is 55.0 Å². The average Bonchev–Trinajstić information content (AvgIpc) is 3.03. The number of H-pyrrole nitrogens is 1. The number of methoxy groups -OCH3 is 1. The number of imidazole rings is 1. The van der Waals surface area contributed by atoms with E-state index in [4.69, 9.17) is 4.74 Å². The van der Waals surface area contributed by atoms with Crippen molar-refractivity contribution in [1.82, 2.24) is 9.97 Å². The van der Waals surface area contributed by atoms with Crippen molar-refractivity contribution in [3.05, 3.63) is 66.2 Å². The molecule has 23 heavy (non-hydrogen) atoms. The molecule has 0 bridgehead atoms. The van der Waals surface area contributed by atoms with E-state index in [0.717, 1.165) is 22.4 Å². The number of hydrogen-bond donors (Lipinski definition) is 1. The number of aromatic amines is 1. The summed E-state index contributed by atoms with van der Waals surface area (Å²) in [5, 5.41) is 2.36. The van der Waals surface area contributed by atoms with Crippen LogP contribution < -0.4 is 0 Å².